The van der Waals surface area contributed by atoms with E-state index in [4.69, 9.17) is 10.5 Å². The van der Waals surface area contributed by atoms with Crippen molar-refractivity contribution in [3.63, 3.8) is 0 Å². The zero-order chi connectivity index (χ0) is 11.5. The summed E-state index contributed by atoms with van der Waals surface area (Å²) >= 11 is 1.35. The summed E-state index contributed by atoms with van der Waals surface area (Å²) < 4.78 is 6.83. The fraction of sp³-hybridized carbons (Fsp3) is 0.222. The zero-order valence-electron chi connectivity index (χ0n) is 8.91. The van der Waals surface area contributed by atoms with E-state index in [9.17, 15) is 0 Å². The summed E-state index contributed by atoms with van der Waals surface area (Å²) in [6.45, 7) is 0. The second-order valence-corrected chi connectivity index (χ2v) is 4.03. The van der Waals surface area contributed by atoms with E-state index < -0.39 is 0 Å². The SMILES string of the molecule is COc1ccc(N)c(Sc2nncn2C)n1. The Kier molecular flexibility index (Phi) is 2.95. The fourth-order valence-corrected chi connectivity index (χ4v) is 1.85. The molecule has 0 aliphatic rings. The van der Waals surface area contributed by atoms with Crippen LogP contribution in [0.1, 0.15) is 0 Å². The van der Waals surface area contributed by atoms with Gasteiger partial charge in [-0.15, -0.1) is 10.2 Å². The first-order valence-electron chi connectivity index (χ1n) is 4.53. The van der Waals surface area contributed by atoms with Crippen molar-refractivity contribution in [2.75, 3.05) is 12.8 Å². The smallest absolute Gasteiger partial charge is 0.214 e. The molecule has 2 aromatic heterocycles. The van der Waals surface area contributed by atoms with Crippen molar-refractivity contribution in [2.24, 2.45) is 7.05 Å². The number of nitrogens with two attached hydrogens (primary N) is 1. The maximum atomic E-state index is 5.81. The number of nitrogen functional groups attached to an aromatic ring is 1. The Balaban J connectivity index is 2.30. The van der Waals surface area contributed by atoms with Gasteiger partial charge in [0.15, 0.2) is 5.16 Å². The van der Waals surface area contributed by atoms with Crippen LogP contribution in [0.4, 0.5) is 5.69 Å². The van der Waals surface area contributed by atoms with Crippen LogP contribution in [0.2, 0.25) is 0 Å². The molecule has 2 heterocycles. The van der Waals surface area contributed by atoms with Gasteiger partial charge in [-0.25, -0.2) is 4.98 Å². The minimum Gasteiger partial charge on any atom is -0.481 e. The molecule has 7 heteroatoms. The number of rotatable bonds is 3. The Morgan fingerprint density at radius 3 is 2.88 bits per heavy atom. The lowest BCUT2D eigenvalue weighted by Gasteiger charge is -2.05. The van der Waals surface area contributed by atoms with Gasteiger partial charge in [-0.2, -0.15) is 0 Å². The van der Waals surface area contributed by atoms with Crippen molar-refractivity contribution < 1.29 is 4.74 Å². The quantitative estimate of drug-likeness (QED) is 0.856. The van der Waals surface area contributed by atoms with Crippen LogP contribution in [-0.4, -0.2) is 26.9 Å². The van der Waals surface area contributed by atoms with Crippen LogP contribution in [0.3, 0.4) is 0 Å². The Labute approximate surface area is 96.8 Å². The maximum absolute atomic E-state index is 5.81. The first-order valence-corrected chi connectivity index (χ1v) is 5.34. The monoisotopic (exact) mass is 237 g/mol. The van der Waals surface area contributed by atoms with Crippen LogP contribution < -0.4 is 10.5 Å². The van der Waals surface area contributed by atoms with E-state index in [2.05, 4.69) is 15.2 Å². The second-order valence-electron chi connectivity index (χ2n) is 3.07. The van der Waals surface area contributed by atoms with Crippen LogP contribution in [-0.2, 0) is 7.05 Å². The second kappa shape index (κ2) is 4.40. The highest BCUT2D eigenvalue weighted by atomic mass is 32.2. The first kappa shape index (κ1) is 10.7. The molecule has 0 fully saturated rings. The lowest BCUT2D eigenvalue weighted by molar-refractivity contribution is 0.395. The molecular weight excluding hydrogens is 226 g/mol. The van der Waals surface area contributed by atoms with E-state index in [1.807, 2.05) is 7.05 Å². The molecule has 0 unspecified atom stereocenters. The van der Waals surface area contributed by atoms with E-state index in [1.165, 1.54) is 11.8 Å². The van der Waals surface area contributed by atoms with E-state index in [1.54, 1.807) is 30.1 Å². The van der Waals surface area contributed by atoms with Crippen molar-refractivity contribution in [2.45, 2.75) is 10.2 Å². The summed E-state index contributed by atoms with van der Waals surface area (Å²) in [4.78, 5) is 4.24. The number of methoxy groups -OCH3 is 1. The molecule has 0 atom stereocenters. The molecule has 0 bridgehead atoms. The largest absolute Gasteiger partial charge is 0.481 e. The van der Waals surface area contributed by atoms with Gasteiger partial charge < -0.3 is 15.0 Å². The van der Waals surface area contributed by atoms with Gasteiger partial charge in [-0.3, -0.25) is 0 Å². The third kappa shape index (κ3) is 2.08. The van der Waals surface area contributed by atoms with Crippen LogP contribution in [0.25, 0.3) is 0 Å². The lowest BCUT2D eigenvalue weighted by atomic mass is 10.4. The summed E-state index contributed by atoms with van der Waals surface area (Å²) in [5, 5.41) is 9.12. The van der Waals surface area contributed by atoms with Gasteiger partial charge >= 0.3 is 0 Å². The number of nitrogens with zero attached hydrogens (tertiary/aromatic N) is 4. The maximum Gasteiger partial charge on any atom is 0.214 e. The number of aryl methyl sites for hydroxylation is 1. The highest BCUT2D eigenvalue weighted by molar-refractivity contribution is 7.99. The van der Waals surface area contributed by atoms with Gasteiger partial charge in [-0.05, 0) is 17.8 Å². The molecule has 0 aromatic carbocycles. The molecule has 0 aliphatic heterocycles. The average Bonchev–Trinajstić information content (AvgIpc) is 2.68. The molecule has 84 valence electrons. The fourth-order valence-electron chi connectivity index (χ4n) is 1.08. The zero-order valence-corrected chi connectivity index (χ0v) is 9.73. The van der Waals surface area contributed by atoms with Gasteiger partial charge in [-0.1, -0.05) is 0 Å². The third-order valence-electron chi connectivity index (χ3n) is 1.93. The number of anilines is 1. The molecular formula is C9H11N5OS. The Morgan fingerprint density at radius 2 is 2.25 bits per heavy atom. The number of pyridine rings is 1. The minimum atomic E-state index is 0.527. The van der Waals surface area contributed by atoms with Gasteiger partial charge in [0.1, 0.15) is 11.4 Å². The molecule has 0 saturated heterocycles. The summed E-state index contributed by atoms with van der Waals surface area (Å²) in [6.07, 6.45) is 1.62. The first-order chi connectivity index (χ1) is 7.70. The van der Waals surface area contributed by atoms with Gasteiger partial charge in [0, 0.05) is 13.1 Å². The van der Waals surface area contributed by atoms with Crippen LogP contribution in [0.15, 0.2) is 28.6 Å². The van der Waals surface area contributed by atoms with Gasteiger partial charge in [0.05, 0.1) is 12.8 Å². The molecule has 0 aliphatic carbocycles. The van der Waals surface area contributed by atoms with Crippen LogP contribution in [0.5, 0.6) is 5.88 Å². The molecule has 6 nitrogen and oxygen atoms in total. The van der Waals surface area contributed by atoms with E-state index >= 15 is 0 Å². The van der Waals surface area contributed by atoms with E-state index in [0.717, 1.165) is 5.16 Å². The third-order valence-corrected chi connectivity index (χ3v) is 3.00. The van der Waals surface area contributed by atoms with Gasteiger partial charge in [0.2, 0.25) is 5.88 Å². The Morgan fingerprint density at radius 1 is 1.44 bits per heavy atom. The summed E-state index contributed by atoms with van der Waals surface area (Å²) in [5.41, 5.74) is 6.41. The molecule has 0 spiro atoms. The predicted octanol–water partition coefficient (Wildman–Crippen LogP) is 0.952. The predicted molar refractivity (Wildman–Crippen MR) is 60.3 cm³/mol. The summed E-state index contributed by atoms with van der Waals surface area (Å²) in [6, 6.07) is 3.47. The normalized spacial score (nSPS) is 10.4. The number of hydrogen-bond acceptors (Lipinski definition) is 6. The van der Waals surface area contributed by atoms with Crippen molar-refractivity contribution in [3.8, 4) is 5.88 Å². The molecule has 2 rings (SSSR count). The van der Waals surface area contributed by atoms with Crippen molar-refractivity contribution in [1.29, 1.82) is 0 Å². The van der Waals surface area contributed by atoms with Crippen LogP contribution in [0, 0.1) is 0 Å². The van der Waals surface area contributed by atoms with Crippen LogP contribution >= 0.6 is 11.8 Å². The van der Waals surface area contributed by atoms with Crippen molar-refractivity contribution >= 4 is 17.4 Å². The number of hydrogen-bond donors (Lipinski definition) is 1. The summed E-state index contributed by atoms with van der Waals surface area (Å²) in [7, 11) is 3.42. The molecule has 0 amide bonds. The highest BCUT2D eigenvalue weighted by Crippen LogP contribution is 2.29. The van der Waals surface area contributed by atoms with Crippen molar-refractivity contribution in [3.05, 3.63) is 18.5 Å². The standard InChI is InChI=1S/C9H11N5OS/c1-14-5-11-13-9(14)16-8-6(10)3-4-7(12-8)15-2/h3-5H,10H2,1-2H3. The van der Waals surface area contributed by atoms with E-state index in [-0.39, 0.29) is 0 Å². The average molecular weight is 237 g/mol. The number of aromatic nitrogens is 4. The van der Waals surface area contributed by atoms with Crippen molar-refractivity contribution in [1.82, 2.24) is 19.7 Å². The van der Waals surface area contributed by atoms with Gasteiger partial charge in [0.25, 0.3) is 0 Å². The molecule has 2 aromatic rings. The Bertz CT molecular complexity index is 498. The minimum absolute atomic E-state index is 0.527. The number of ether oxygens (including phenoxy) is 1. The molecule has 0 radical (unpaired) electrons. The topological polar surface area (TPSA) is 78.9 Å². The lowest BCUT2D eigenvalue weighted by Crippen LogP contribution is -1.96. The Hall–Kier alpha value is -1.76. The highest BCUT2D eigenvalue weighted by Gasteiger charge is 2.09. The molecule has 2 N–H and O–H groups in total. The van der Waals surface area contributed by atoms with E-state index in [0.29, 0.717) is 16.6 Å². The molecule has 0 saturated carbocycles. The molecule has 16 heavy (non-hydrogen) atoms. The summed E-state index contributed by atoms with van der Waals surface area (Å²) in [5.74, 6) is 0.527.